The van der Waals surface area contributed by atoms with Crippen molar-refractivity contribution in [2.75, 3.05) is 0 Å². The monoisotopic (exact) mass is 633 g/mol. The first-order valence-corrected chi connectivity index (χ1v) is 16.5. The number of alkyl carbamates (subject to hydrolysis) is 1. The molecule has 4 rings (SSSR count). The molecule has 1 aliphatic carbocycles. The fourth-order valence-electron chi connectivity index (χ4n) is 5.13. The predicted molar refractivity (Wildman–Crippen MR) is 176 cm³/mol. The maximum absolute atomic E-state index is 14.8. The van der Waals surface area contributed by atoms with Gasteiger partial charge in [0.2, 0.25) is 10.0 Å². The number of carbonyl (C=O) groups is 2. The number of nitrogens with one attached hydrogen (secondary N) is 1. The van der Waals surface area contributed by atoms with Gasteiger partial charge in [-0.1, -0.05) is 78.9 Å². The molecule has 1 heterocycles. The molecular weight excluding hydrogens is 590 g/mol. The van der Waals surface area contributed by atoms with Gasteiger partial charge in [-0.3, -0.25) is 9.79 Å². The molecule has 0 bridgehead atoms. The van der Waals surface area contributed by atoms with Crippen LogP contribution in [0.4, 0.5) is 4.79 Å². The van der Waals surface area contributed by atoms with Crippen molar-refractivity contribution in [1.29, 1.82) is 0 Å². The van der Waals surface area contributed by atoms with E-state index in [1.807, 2.05) is 54.6 Å². The number of allylic oxidation sites excluding steroid dienone is 3. The molecule has 10 heteroatoms. The van der Waals surface area contributed by atoms with Gasteiger partial charge in [-0.05, 0) is 76.3 Å². The van der Waals surface area contributed by atoms with Crippen LogP contribution >= 0.6 is 0 Å². The summed E-state index contributed by atoms with van der Waals surface area (Å²) < 4.78 is 42.2. The van der Waals surface area contributed by atoms with Gasteiger partial charge in [0.05, 0.1) is 6.04 Å². The molecule has 2 unspecified atom stereocenters. The number of dihydropyridines is 1. The second kappa shape index (κ2) is 14.0. The van der Waals surface area contributed by atoms with Gasteiger partial charge >= 0.3 is 12.1 Å². The van der Waals surface area contributed by atoms with Crippen molar-refractivity contribution in [2.24, 2.45) is 4.99 Å². The predicted octanol–water partition coefficient (Wildman–Crippen LogP) is 5.67. The van der Waals surface area contributed by atoms with E-state index in [0.717, 1.165) is 11.1 Å². The van der Waals surface area contributed by atoms with Crippen LogP contribution in [0.1, 0.15) is 58.2 Å². The topological polar surface area (TPSA) is 114 Å². The lowest BCUT2D eigenvalue weighted by Crippen LogP contribution is -2.53. The Balaban J connectivity index is 1.78. The number of hydrogen-bond donors (Lipinski definition) is 1. The van der Waals surface area contributed by atoms with E-state index in [-0.39, 0.29) is 19.5 Å². The van der Waals surface area contributed by atoms with Crippen molar-refractivity contribution in [1.82, 2.24) is 9.62 Å². The number of rotatable bonds is 10. The molecule has 2 aromatic rings. The number of sulfonamides is 1. The molecule has 1 aliphatic heterocycles. The molecule has 1 N–H and O–H groups in total. The summed E-state index contributed by atoms with van der Waals surface area (Å²) in [6.45, 7) is 10.6. The average molecular weight is 634 g/mol. The molecule has 2 aromatic carbocycles. The highest BCUT2D eigenvalue weighted by atomic mass is 32.2. The zero-order valence-electron chi connectivity index (χ0n) is 26.8. The molecule has 0 fully saturated rings. The standard InChI is InChI=1S/C35H43N3O6S/c1-34(2,3)43-32(39)29(22-25-14-8-7-9-15-25)38(45(41,42)30-20-12-18-26-19-13-21-36-31(26)30)24-28-17-11-10-16-27(28)23-37-33(40)44-35(4,5)6/h7-21,29-31H,22-24H2,1-6H3,(H,37,40)/t29-,30?,31?/m1/s1. The molecular formula is C35H43N3O6S. The molecule has 240 valence electrons. The Hall–Kier alpha value is -4.02. The fraction of sp³-hybridized carbons (Fsp3) is 0.400. The number of aliphatic imine (C=N–C) groups is 1. The maximum atomic E-state index is 14.8. The van der Waals surface area contributed by atoms with Gasteiger partial charge in [0, 0.05) is 19.3 Å². The first kappa shape index (κ1) is 33.9. The average Bonchev–Trinajstić information content (AvgIpc) is 2.96. The molecule has 0 spiro atoms. The number of fused-ring (bicyclic) bond motifs is 1. The lowest BCUT2D eigenvalue weighted by Gasteiger charge is -2.36. The second-order valence-electron chi connectivity index (χ2n) is 13.1. The third-order valence-electron chi connectivity index (χ3n) is 7.10. The zero-order chi connectivity index (χ0) is 32.8. The summed E-state index contributed by atoms with van der Waals surface area (Å²) in [5.74, 6) is -0.651. The van der Waals surface area contributed by atoms with Crippen LogP contribution in [0.2, 0.25) is 0 Å². The third kappa shape index (κ3) is 9.25. The zero-order valence-corrected chi connectivity index (χ0v) is 27.6. The highest BCUT2D eigenvalue weighted by Gasteiger charge is 2.45. The number of esters is 1. The minimum absolute atomic E-state index is 0.0975. The first-order chi connectivity index (χ1) is 21.1. The van der Waals surface area contributed by atoms with Gasteiger partial charge in [0.1, 0.15) is 22.5 Å². The largest absolute Gasteiger partial charge is 0.459 e. The van der Waals surface area contributed by atoms with Crippen LogP contribution in [0.15, 0.2) is 95.5 Å². The molecule has 2 aliphatic rings. The quantitative estimate of drug-likeness (QED) is 0.337. The Bertz CT molecular complexity index is 1600. The molecule has 9 nitrogen and oxygen atoms in total. The van der Waals surface area contributed by atoms with E-state index < -0.39 is 50.6 Å². The van der Waals surface area contributed by atoms with E-state index in [9.17, 15) is 18.0 Å². The molecule has 45 heavy (non-hydrogen) atoms. The Morgan fingerprint density at radius 1 is 0.911 bits per heavy atom. The Morgan fingerprint density at radius 3 is 2.22 bits per heavy atom. The summed E-state index contributed by atoms with van der Waals surface area (Å²) in [5, 5.41) is 1.72. The maximum Gasteiger partial charge on any atom is 0.407 e. The van der Waals surface area contributed by atoms with E-state index in [0.29, 0.717) is 11.1 Å². The van der Waals surface area contributed by atoms with Crippen molar-refractivity contribution >= 4 is 28.3 Å². The van der Waals surface area contributed by atoms with E-state index >= 15 is 0 Å². The first-order valence-electron chi connectivity index (χ1n) is 15.0. The summed E-state index contributed by atoms with van der Waals surface area (Å²) in [4.78, 5) is 31.0. The van der Waals surface area contributed by atoms with Crippen LogP contribution in [-0.4, -0.2) is 59.5 Å². The molecule has 0 radical (unpaired) electrons. The summed E-state index contributed by atoms with van der Waals surface area (Å²) in [7, 11) is -4.24. The smallest absolute Gasteiger partial charge is 0.407 e. The Kier molecular flexibility index (Phi) is 10.5. The molecule has 1 amide bonds. The Morgan fingerprint density at radius 2 is 1.56 bits per heavy atom. The van der Waals surface area contributed by atoms with Gasteiger partial charge < -0.3 is 14.8 Å². The minimum atomic E-state index is -4.24. The normalized spacial score (nSPS) is 18.6. The third-order valence-corrected chi connectivity index (χ3v) is 9.24. The lowest BCUT2D eigenvalue weighted by atomic mass is 9.97. The lowest BCUT2D eigenvalue weighted by molar-refractivity contribution is -0.159. The van der Waals surface area contributed by atoms with Crippen molar-refractivity contribution in [3.8, 4) is 0 Å². The van der Waals surface area contributed by atoms with E-state index in [2.05, 4.69) is 10.3 Å². The number of hydrogen-bond acceptors (Lipinski definition) is 7. The van der Waals surface area contributed by atoms with Gasteiger partial charge in [0.15, 0.2) is 0 Å². The highest BCUT2D eigenvalue weighted by Crippen LogP contribution is 2.31. The van der Waals surface area contributed by atoms with Gasteiger partial charge in [-0.15, -0.1) is 0 Å². The number of carbonyl (C=O) groups excluding carboxylic acids is 2. The van der Waals surface area contributed by atoms with Crippen molar-refractivity contribution in [3.05, 3.63) is 107 Å². The number of amides is 1. The number of nitrogens with zero attached hydrogens (tertiary/aromatic N) is 2. The van der Waals surface area contributed by atoms with Crippen LogP contribution in [0, 0.1) is 0 Å². The molecule has 3 atom stereocenters. The minimum Gasteiger partial charge on any atom is -0.459 e. The van der Waals surface area contributed by atoms with Gasteiger partial charge in [-0.2, -0.15) is 4.31 Å². The van der Waals surface area contributed by atoms with Crippen LogP contribution in [0.5, 0.6) is 0 Å². The summed E-state index contributed by atoms with van der Waals surface area (Å²) >= 11 is 0. The van der Waals surface area contributed by atoms with Gasteiger partial charge in [-0.25, -0.2) is 13.2 Å². The van der Waals surface area contributed by atoms with E-state index in [4.69, 9.17) is 9.47 Å². The van der Waals surface area contributed by atoms with Crippen LogP contribution in [0.25, 0.3) is 0 Å². The van der Waals surface area contributed by atoms with Crippen LogP contribution in [-0.2, 0) is 43.8 Å². The van der Waals surface area contributed by atoms with Crippen LogP contribution < -0.4 is 5.32 Å². The SMILES string of the molecule is CC(C)(C)OC(=O)NCc1ccccc1CN([C@H](Cc1ccccc1)C(=O)OC(C)(C)C)S(=O)(=O)C1C=CC=C2C=CC=NC21. The summed E-state index contributed by atoms with van der Waals surface area (Å²) in [5.41, 5.74) is 1.34. The van der Waals surface area contributed by atoms with Crippen molar-refractivity contribution < 1.29 is 27.5 Å². The van der Waals surface area contributed by atoms with Crippen molar-refractivity contribution in [2.45, 2.75) is 89.6 Å². The number of benzene rings is 2. The fourth-order valence-corrected chi connectivity index (χ4v) is 7.12. The molecule has 0 aromatic heterocycles. The van der Waals surface area contributed by atoms with Crippen LogP contribution in [0.3, 0.4) is 0 Å². The summed E-state index contributed by atoms with van der Waals surface area (Å²) in [6.07, 6.45) is 9.92. The summed E-state index contributed by atoms with van der Waals surface area (Å²) in [6, 6.07) is 14.7. The molecule has 0 saturated carbocycles. The second-order valence-corrected chi connectivity index (χ2v) is 15.1. The number of ether oxygens (including phenoxy) is 2. The van der Waals surface area contributed by atoms with Gasteiger partial charge in [0.25, 0.3) is 0 Å². The highest BCUT2D eigenvalue weighted by molar-refractivity contribution is 7.90. The molecule has 0 saturated heterocycles. The van der Waals surface area contributed by atoms with E-state index in [1.54, 1.807) is 78.1 Å². The van der Waals surface area contributed by atoms with E-state index in [1.165, 1.54) is 4.31 Å². The Labute approximate surface area is 266 Å². The van der Waals surface area contributed by atoms with Crippen molar-refractivity contribution in [3.63, 3.8) is 0 Å².